The van der Waals surface area contributed by atoms with Gasteiger partial charge in [0.1, 0.15) is 17.7 Å². The van der Waals surface area contributed by atoms with Crippen LogP contribution in [0.15, 0.2) is 6.33 Å². The van der Waals surface area contributed by atoms with Gasteiger partial charge in [-0.05, 0) is 20.8 Å². The number of imidazole rings is 1. The zero-order valence-corrected chi connectivity index (χ0v) is 12.2. The molecule has 0 spiro atoms. The number of nitrogens with one attached hydrogen (secondary N) is 1. The molecule has 0 bridgehead atoms. The van der Waals surface area contributed by atoms with Gasteiger partial charge in [0.15, 0.2) is 11.9 Å². The van der Waals surface area contributed by atoms with E-state index in [-0.39, 0.29) is 0 Å². The maximum Gasteiger partial charge on any atom is 0.225 e. The van der Waals surface area contributed by atoms with E-state index < -0.39 is 24.5 Å². The second-order valence-electron chi connectivity index (χ2n) is 5.20. The highest BCUT2D eigenvalue weighted by Crippen LogP contribution is 2.31. The fraction of sp³-hybridized carbons (Fsp3) is 0.615. The number of aliphatic hydroxyl groups excluding tert-OH is 2. The maximum atomic E-state index is 10.1. The Morgan fingerprint density at radius 1 is 1.33 bits per heavy atom. The van der Waals surface area contributed by atoms with Crippen LogP contribution >= 0.6 is 0 Å². The minimum atomic E-state index is -1.02. The molecular formula is C13H19N5O3. The van der Waals surface area contributed by atoms with Crippen LogP contribution in [0.1, 0.15) is 25.8 Å². The van der Waals surface area contributed by atoms with E-state index in [1.807, 2.05) is 13.8 Å². The Morgan fingerprint density at radius 2 is 2.10 bits per heavy atom. The molecule has 21 heavy (non-hydrogen) atoms. The molecule has 0 amide bonds. The number of aryl methyl sites for hydroxylation is 1. The van der Waals surface area contributed by atoms with Crippen LogP contribution in [0, 0.1) is 6.92 Å². The summed E-state index contributed by atoms with van der Waals surface area (Å²) in [5.74, 6) is 0.505. The largest absolute Gasteiger partial charge is 0.388 e. The van der Waals surface area contributed by atoms with Crippen molar-refractivity contribution in [2.45, 2.75) is 45.3 Å². The van der Waals surface area contributed by atoms with Crippen molar-refractivity contribution in [1.29, 1.82) is 0 Å². The molecule has 0 aliphatic carbocycles. The van der Waals surface area contributed by atoms with Gasteiger partial charge in [-0.25, -0.2) is 9.97 Å². The molecule has 8 nitrogen and oxygen atoms in total. The third kappa shape index (κ3) is 2.25. The first-order valence-electron chi connectivity index (χ1n) is 6.99. The van der Waals surface area contributed by atoms with Crippen LogP contribution in [0.2, 0.25) is 0 Å². The first kappa shape index (κ1) is 14.2. The van der Waals surface area contributed by atoms with Crippen molar-refractivity contribution in [3.05, 3.63) is 12.0 Å². The standard InChI is InChI=1S/C13H19N5O3/c1-4-14-13-16-6(2)8-11(17-13)18(5-15-8)12-10(20)9(19)7(3)21-12/h5,7,9-10,12,19-20H,4H2,1-3H3,(H,14,16,17)/t7-,9?,10+,12-/m1/s1. The van der Waals surface area contributed by atoms with Crippen LogP contribution in [-0.2, 0) is 4.74 Å². The number of ether oxygens (including phenoxy) is 1. The third-order valence-corrected chi connectivity index (χ3v) is 3.68. The van der Waals surface area contributed by atoms with E-state index in [0.717, 1.165) is 5.69 Å². The average Bonchev–Trinajstić information content (AvgIpc) is 2.96. The SMILES string of the molecule is CCNc1nc(C)c2ncn([C@@H]3O[C@H](C)C(O)[C@@H]3O)c2n1. The normalized spacial score (nSPS) is 29.2. The number of anilines is 1. The Morgan fingerprint density at radius 3 is 2.71 bits per heavy atom. The van der Waals surface area contributed by atoms with E-state index in [1.165, 1.54) is 0 Å². The van der Waals surface area contributed by atoms with Crippen molar-refractivity contribution in [2.24, 2.45) is 0 Å². The zero-order valence-electron chi connectivity index (χ0n) is 12.2. The van der Waals surface area contributed by atoms with Crippen LogP contribution in [-0.4, -0.2) is 54.6 Å². The summed E-state index contributed by atoms with van der Waals surface area (Å²) in [6.07, 6.45) is -1.54. The van der Waals surface area contributed by atoms with Gasteiger partial charge in [0.05, 0.1) is 18.1 Å². The molecule has 8 heteroatoms. The highest BCUT2D eigenvalue weighted by molar-refractivity contribution is 5.74. The van der Waals surface area contributed by atoms with Crippen molar-refractivity contribution < 1.29 is 14.9 Å². The summed E-state index contributed by atoms with van der Waals surface area (Å²) in [6, 6.07) is 0. The van der Waals surface area contributed by atoms with Crippen LogP contribution in [0.5, 0.6) is 0 Å². The van der Waals surface area contributed by atoms with Crippen LogP contribution < -0.4 is 5.32 Å². The first-order chi connectivity index (χ1) is 10.0. The predicted octanol–water partition coefficient (Wildman–Crippen LogP) is 0.206. The number of hydrogen-bond acceptors (Lipinski definition) is 7. The summed E-state index contributed by atoms with van der Waals surface area (Å²) in [5, 5.41) is 23.0. The summed E-state index contributed by atoms with van der Waals surface area (Å²) in [4.78, 5) is 13.0. The van der Waals surface area contributed by atoms with Gasteiger partial charge in [0, 0.05) is 6.54 Å². The molecule has 4 atom stereocenters. The summed E-state index contributed by atoms with van der Waals surface area (Å²) in [5.41, 5.74) is 1.97. The van der Waals surface area contributed by atoms with Gasteiger partial charge in [-0.2, -0.15) is 4.98 Å². The summed E-state index contributed by atoms with van der Waals surface area (Å²) < 4.78 is 7.26. The van der Waals surface area contributed by atoms with Gasteiger partial charge < -0.3 is 20.3 Å². The van der Waals surface area contributed by atoms with Crippen LogP contribution in [0.3, 0.4) is 0 Å². The highest BCUT2D eigenvalue weighted by atomic mass is 16.6. The van der Waals surface area contributed by atoms with Gasteiger partial charge in [0.2, 0.25) is 5.95 Å². The lowest BCUT2D eigenvalue weighted by atomic mass is 10.1. The number of rotatable bonds is 3. The molecule has 2 aromatic rings. The fourth-order valence-corrected chi connectivity index (χ4v) is 2.54. The van der Waals surface area contributed by atoms with Crippen molar-refractivity contribution in [1.82, 2.24) is 19.5 Å². The third-order valence-electron chi connectivity index (χ3n) is 3.68. The van der Waals surface area contributed by atoms with E-state index in [0.29, 0.717) is 23.7 Å². The van der Waals surface area contributed by atoms with Gasteiger partial charge in [-0.3, -0.25) is 4.57 Å². The fourth-order valence-electron chi connectivity index (χ4n) is 2.54. The van der Waals surface area contributed by atoms with Gasteiger partial charge in [0.25, 0.3) is 0 Å². The summed E-state index contributed by atoms with van der Waals surface area (Å²) >= 11 is 0. The Kier molecular flexibility index (Phi) is 3.52. The lowest BCUT2D eigenvalue weighted by molar-refractivity contribution is -0.0299. The van der Waals surface area contributed by atoms with Crippen molar-refractivity contribution >= 4 is 17.1 Å². The van der Waals surface area contributed by atoms with Crippen molar-refractivity contribution in [3.8, 4) is 0 Å². The van der Waals surface area contributed by atoms with Crippen LogP contribution in [0.25, 0.3) is 11.2 Å². The molecule has 3 heterocycles. The van der Waals surface area contributed by atoms with E-state index in [2.05, 4.69) is 20.3 Å². The Hall–Kier alpha value is -1.77. The van der Waals surface area contributed by atoms with Crippen molar-refractivity contribution in [3.63, 3.8) is 0 Å². The predicted molar refractivity (Wildman–Crippen MR) is 75.8 cm³/mol. The number of aliphatic hydroxyl groups is 2. The maximum absolute atomic E-state index is 10.1. The quantitative estimate of drug-likeness (QED) is 0.742. The van der Waals surface area contributed by atoms with E-state index in [4.69, 9.17) is 4.74 Å². The molecule has 3 rings (SSSR count). The number of fused-ring (bicyclic) bond motifs is 1. The van der Waals surface area contributed by atoms with Gasteiger partial charge >= 0.3 is 0 Å². The minimum absolute atomic E-state index is 0.446. The van der Waals surface area contributed by atoms with E-state index in [9.17, 15) is 10.2 Å². The molecule has 1 unspecified atom stereocenters. The monoisotopic (exact) mass is 293 g/mol. The molecule has 3 N–H and O–H groups in total. The molecule has 2 aromatic heterocycles. The number of nitrogens with zero attached hydrogens (tertiary/aromatic N) is 4. The molecule has 1 saturated heterocycles. The smallest absolute Gasteiger partial charge is 0.225 e. The van der Waals surface area contributed by atoms with Gasteiger partial charge in [-0.15, -0.1) is 0 Å². The second kappa shape index (κ2) is 5.21. The second-order valence-corrected chi connectivity index (χ2v) is 5.20. The molecule has 0 aromatic carbocycles. The lowest BCUT2D eigenvalue weighted by Crippen LogP contribution is -2.30. The molecule has 0 saturated carbocycles. The molecule has 0 radical (unpaired) electrons. The summed E-state index contributed by atoms with van der Waals surface area (Å²) in [6.45, 7) is 6.24. The topological polar surface area (TPSA) is 105 Å². The van der Waals surface area contributed by atoms with Crippen LogP contribution in [0.4, 0.5) is 5.95 Å². The molecule has 1 aliphatic heterocycles. The Labute approximate surface area is 121 Å². The average molecular weight is 293 g/mol. The Bertz CT molecular complexity index is 659. The number of hydrogen-bond donors (Lipinski definition) is 3. The Balaban J connectivity index is 2.07. The molecule has 1 fully saturated rings. The van der Waals surface area contributed by atoms with Crippen molar-refractivity contribution in [2.75, 3.05) is 11.9 Å². The molecule has 114 valence electrons. The van der Waals surface area contributed by atoms with E-state index in [1.54, 1.807) is 17.8 Å². The van der Waals surface area contributed by atoms with E-state index >= 15 is 0 Å². The first-order valence-corrected chi connectivity index (χ1v) is 6.99. The zero-order chi connectivity index (χ0) is 15.1. The van der Waals surface area contributed by atoms with Gasteiger partial charge in [-0.1, -0.05) is 0 Å². The lowest BCUT2D eigenvalue weighted by Gasteiger charge is -2.16. The molecular weight excluding hydrogens is 274 g/mol. The highest BCUT2D eigenvalue weighted by Gasteiger charge is 2.42. The number of aromatic nitrogens is 4. The minimum Gasteiger partial charge on any atom is -0.388 e. The summed E-state index contributed by atoms with van der Waals surface area (Å²) in [7, 11) is 0. The molecule has 1 aliphatic rings.